The molecule has 84 valence electrons. The van der Waals surface area contributed by atoms with E-state index < -0.39 is 0 Å². The van der Waals surface area contributed by atoms with E-state index in [1.54, 1.807) is 0 Å². The Morgan fingerprint density at radius 1 is 1.12 bits per heavy atom. The van der Waals surface area contributed by atoms with E-state index in [2.05, 4.69) is 44.2 Å². The van der Waals surface area contributed by atoms with Crippen molar-refractivity contribution in [2.24, 2.45) is 0 Å². The molecule has 1 heteroatoms. The molecule has 1 aliphatic carbocycles. The fourth-order valence-electron chi connectivity index (χ4n) is 1.84. The molecule has 0 heterocycles. The van der Waals surface area contributed by atoms with Gasteiger partial charge in [-0.05, 0) is 42.5 Å². The van der Waals surface area contributed by atoms with Gasteiger partial charge in [0.2, 0.25) is 0 Å². The molecule has 0 aliphatic heterocycles. The molecule has 0 fully saturated rings. The predicted molar refractivity (Wildman–Crippen MR) is 67.6 cm³/mol. The van der Waals surface area contributed by atoms with Crippen LogP contribution in [0.1, 0.15) is 38.2 Å². The molecule has 0 unspecified atom stereocenters. The molecule has 0 bridgehead atoms. The number of hydrogen-bond acceptors (Lipinski definition) is 1. The quantitative estimate of drug-likeness (QED) is 0.723. The van der Waals surface area contributed by atoms with Crippen molar-refractivity contribution in [3.05, 3.63) is 53.8 Å². The van der Waals surface area contributed by atoms with Crippen LogP contribution in [-0.2, 0) is 0 Å². The molecule has 16 heavy (non-hydrogen) atoms. The Balaban J connectivity index is 2.20. The zero-order valence-electron chi connectivity index (χ0n) is 9.94. The third kappa shape index (κ3) is 2.54. The average molecular weight is 214 g/mol. The van der Waals surface area contributed by atoms with Gasteiger partial charge in [-0.1, -0.05) is 38.1 Å². The Morgan fingerprint density at radius 2 is 1.94 bits per heavy atom. The number of allylic oxidation sites excluding steroid dienone is 3. The van der Waals surface area contributed by atoms with E-state index in [-0.39, 0.29) is 0 Å². The van der Waals surface area contributed by atoms with Gasteiger partial charge in [-0.2, -0.15) is 0 Å². The van der Waals surface area contributed by atoms with Gasteiger partial charge in [0.15, 0.2) is 0 Å². The van der Waals surface area contributed by atoms with E-state index >= 15 is 0 Å². The third-order valence-electron chi connectivity index (χ3n) is 2.73. The monoisotopic (exact) mass is 214 g/mol. The molecule has 1 aliphatic rings. The molecule has 0 N–H and O–H groups in total. The first-order valence-corrected chi connectivity index (χ1v) is 5.91. The van der Waals surface area contributed by atoms with Crippen molar-refractivity contribution in [3.8, 4) is 5.75 Å². The van der Waals surface area contributed by atoms with Gasteiger partial charge in [-0.15, -0.1) is 0 Å². The van der Waals surface area contributed by atoms with Crippen molar-refractivity contribution in [3.63, 3.8) is 0 Å². The molecular formula is C15H18O. The molecular weight excluding hydrogens is 196 g/mol. The summed E-state index contributed by atoms with van der Waals surface area (Å²) in [6.45, 7) is 4.38. The summed E-state index contributed by atoms with van der Waals surface area (Å²) >= 11 is 0. The predicted octanol–water partition coefficient (Wildman–Crippen LogP) is 4.42. The van der Waals surface area contributed by atoms with Crippen LogP contribution in [0.3, 0.4) is 0 Å². The Kier molecular flexibility index (Phi) is 3.45. The number of benzene rings is 1. The average Bonchev–Trinajstić information content (AvgIpc) is 2.31. The van der Waals surface area contributed by atoms with E-state index in [9.17, 15) is 0 Å². The SMILES string of the molecule is CC(C)c1ccccc1OC1=CCCC=C1. The lowest BCUT2D eigenvalue weighted by atomic mass is 10.0. The molecule has 0 amide bonds. The summed E-state index contributed by atoms with van der Waals surface area (Å²) in [6, 6.07) is 8.26. The van der Waals surface area contributed by atoms with Crippen molar-refractivity contribution in [1.82, 2.24) is 0 Å². The van der Waals surface area contributed by atoms with Gasteiger partial charge in [0.05, 0.1) is 0 Å². The summed E-state index contributed by atoms with van der Waals surface area (Å²) in [7, 11) is 0. The molecule has 1 nitrogen and oxygen atoms in total. The van der Waals surface area contributed by atoms with Gasteiger partial charge in [0.25, 0.3) is 0 Å². The van der Waals surface area contributed by atoms with Crippen LogP contribution in [0.15, 0.2) is 48.3 Å². The van der Waals surface area contributed by atoms with E-state index in [4.69, 9.17) is 4.74 Å². The Bertz CT molecular complexity index is 413. The van der Waals surface area contributed by atoms with E-state index in [0.29, 0.717) is 5.92 Å². The van der Waals surface area contributed by atoms with Gasteiger partial charge >= 0.3 is 0 Å². The second-order valence-electron chi connectivity index (χ2n) is 4.38. The normalized spacial score (nSPS) is 15.1. The van der Waals surface area contributed by atoms with Gasteiger partial charge < -0.3 is 4.74 Å². The molecule has 0 aromatic heterocycles. The summed E-state index contributed by atoms with van der Waals surface area (Å²) in [5, 5.41) is 0. The lowest BCUT2D eigenvalue weighted by Crippen LogP contribution is -1.99. The minimum absolute atomic E-state index is 0.490. The molecule has 0 saturated carbocycles. The van der Waals surface area contributed by atoms with E-state index in [1.807, 2.05) is 12.1 Å². The lowest BCUT2D eigenvalue weighted by Gasteiger charge is -2.15. The number of hydrogen-bond donors (Lipinski definition) is 0. The topological polar surface area (TPSA) is 9.23 Å². The number of rotatable bonds is 3. The van der Waals surface area contributed by atoms with Crippen LogP contribution in [0.2, 0.25) is 0 Å². The fourth-order valence-corrected chi connectivity index (χ4v) is 1.84. The van der Waals surface area contributed by atoms with Crippen LogP contribution in [0.4, 0.5) is 0 Å². The van der Waals surface area contributed by atoms with Gasteiger partial charge in [-0.25, -0.2) is 0 Å². The van der Waals surface area contributed by atoms with Crippen LogP contribution in [0.5, 0.6) is 5.75 Å². The minimum atomic E-state index is 0.490. The van der Waals surface area contributed by atoms with Crippen LogP contribution in [0, 0.1) is 0 Å². The number of ether oxygens (including phenoxy) is 1. The summed E-state index contributed by atoms with van der Waals surface area (Å²) in [5.74, 6) is 2.44. The molecule has 0 radical (unpaired) electrons. The van der Waals surface area contributed by atoms with Crippen LogP contribution >= 0.6 is 0 Å². The highest BCUT2D eigenvalue weighted by Crippen LogP contribution is 2.28. The minimum Gasteiger partial charge on any atom is -0.457 e. The van der Waals surface area contributed by atoms with Gasteiger partial charge in [-0.3, -0.25) is 0 Å². The van der Waals surface area contributed by atoms with Crippen LogP contribution in [-0.4, -0.2) is 0 Å². The summed E-state index contributed by atoms with van der Waals surface area (Å²) in [6.07, 6.45) is 8.57. The fraction of sp³-hybridized carbons (Fsp3) is 0.333. The Morgan fingerprint density at radius 3 is 2.62 bits per heavy atom. The molecule has 0 atom stereocenters. The van der Waals surface area contributed by atoms with Crippen LogP contribution in [0.25, 0.3) is 0 Å². The zero-order valence-corrected chi connectivity index (χ0v) is 9.94. The third-order valence-corrected chi connectivity index (χ3v) is 2.73. The highest BCUT2D eigenvalue weighted by molar-refractivity contribution is 5.38. The van der Waals surface area contributed by atoms with E-state index in [1.165, 1.54) is 5.56 Å². The van der Waals surface area contributed by atoms with E-state index in [0.717, 1.165) is 24.4 Å². The lowest BCUT2D eigenvalue weighted by molar-refractivity contribution is 0.431. The van der Waals surface area contributed by atoms with Crippen molar-refractivity contribution in [2.75, 3.05) is 0 Å². The maximum absolute atomic E-state index is 5.92. The maximum Gasteiger partial charge on any atom is 0.130 e. The maximum atomic E-state index is 5.92. The Labute approximate surface area is 97.4 Å². The second kappa shape index (κ2) is 5.02. The highest BCUT2D eigenvalue weighted by atomic mass is 16.5. The summed E-state index contributed by atoms with van der Waals surface area (Å²) in [4.78, 5) is 0. The Hall–Kier alpha value is -1.50. The van der Waals surface area contributed by atoms with Crippen molar-refractivity contribution in [2.45, 2.75) is 32.6 Å². The zero-order chi connectivity index (χ0) is 11.4. The molecule has 0 saturated heterocycles. The largest absolute Gasteiger partial charge is 0.457 e. The molecule has 1 aromatic carbocycles. The van der Waals surface area contributed by atoms with Crippen molar-refractivity contribution < 1.29 is 4.74 Å². The number of para-hydroxylation sites is 1. The second-order valence-corrected chi connectivity index (χ2v) is 4.38. The van der Waals surface area contributed by atoms with Crippen LogP contribution < -0.4 is 4.74 Å². The van der Waals surface area contributed by atoms with Crippen molar-refractivity contribution >= 4 is 0 Å². The summed E-state index contributed by atoms with van der Waals surface area (Å²) < 4.78 is 5.92. The van der Waals surface area contributed by atoms with Crippen molar-refractivity contribution in [1.29, 1.82) is 0 Å². The highest BCUT2D eigenvalue weighted by Gasteiger charge is 2.08. The van der Waals surface area contributed by atoms with Gasteiger partial charge in [0.1, 0.15) is 11.5 Å². The molecule has 2 rings (SSSR count). The standard InChI is InChI=1S/C15H18O/c1-12(2)14-10-6-7-11-15(14)16-13-8-4-3-5-9-13/h4,6-12H,3,5H2,1-2H3. The smallest absolute Gasteiger partial charge is 0.130 e. The first-order chi connectivity index (χ1) is 7.77. The molecule has 1 aromatic rings. The van der Waals surface area contributed by atoms with Gasteiger partial charge in [0, 0.05) is 0 Å². The molecule has 0 spiro atoms. The first kappa shape index (κ1) is 11.0. The first-order valence-electron chi connectivity index (χ1n) is 5.91. The summed E-state index contributed by atoms with van der Waals surface area (Å²) in [5.41, 5.74) is 1.27.